The molecule has 0 spiro atoms. The molecule has 1 N–H and O–H groups in total. The number of benzene rings is 3. The fraction of sp³-hybridized carbons (Fsp3) is 0.192. The maximum absolute atomic E-state index is 12.8. The molecule has 196 valence electrons. The van der Waals surface area contributed by atoms with Crippen LogP contribution < -0.4 is 5.32 Å². The molecule has 6 nitrogen and oxygen atoms in total. The highest BCUT2D eigenvalue weighted by molar-refractivity contribution is 5.90. The molecule has 1 unspecified atom stereocenters. The van der Waals surface area contributed by atoms with Crippen LogP contribution in [0, 0.1) is 0 Å². The Bertz CT molecular complexity index is 1430. The van der Waals surface area contributed by atoms with Crippen LogP contribution in [0.3, 0.4) is 0 Å². The lowest BCUT2D eigenvalue weighted by atomic mass is 10.1. The third-order valence-corrected chi connectivity index (χ3v) is 5.77. The highest BCUT2D eigenvalue weighted by atomic mass is 19.4. The number of nitrogens with one attached hydrogen (secondary N) is 1. The van der Waals surface area contributed by atoms with Crippen LogP contribution in [-0.2, 0) is 17.3 Å². The third kappa shape index (κ3) is 5.96. The Morgan fingerprint density at radius 1 is 0.868 bits per heavy atom. The number of ether oxygens (including phenoxy) is 1. The van der Waals surface area contributed by atoms with Gasteiger partial charge in [0.2, 0.25) is 0 Å². The van der Waals surface area contributed by atoms with Crippen molar-refractivity contribution in [3.8, 4) is 17.1 Å². The number of aromatic nitrogens is 3. The van der Waals surface area contributed by atoms with Gasteiger partial charge in [-0.25, -0.2) is 14.7 Å². The summed E-state index contributed by atoms with van der Waals surface area (Å²) in [6.07, 6.45) is -8.19. The molecule has 5 rings (SSSR count). The molecular formula is C26H19F6N5O. The predicted molar refractivity (Wildman–Crippen MR) is 128 cm³/mol. The molecule has 0 aliphatic carbocycles. The van der Waals surface area contributed by atoms with Gasteiger partial charge in [0.05, 0.1) is 17.7 Å². The number of nitrogens with zero attached hydrogens (tertiary/aromatic N) is 4. The Kier molecular flexibility index (Phi) is 6.55. The largest absolute Gasteiger partial charge is 0.462 e. The minimum atomic E-state index is -4.40. The van der Waals surface area contributed by atoms with E-state index in [1.165, 1.54) is 35.3 Å². The molecule has 0 radical (unpaired) electrons. The Balaban J connectivity index is 1.22. The number of hydrogen-bond acceptors (Lipinski definition) is 5. The van der Waals surface area contributed by atoms with Crippen LogP contribution in [0.2, 0.25) is 0 Å². The van der Waals surface area contributed by atoms with E-state index in [0.717, 1.165) is 12.1 Å². The molecule has 0 bridgehead atoms. The van der Waals surface area contributed by atoms with E-state index >= 15 is 0 Å². The molecule has 1 aromatic heterocycles. The molecule has 0 saturated carbocycles. The molecule has 1 aliphatic rings. The van der Waals surface area contributed by atoms with Crippen molar-refractivity contribution < 1.29 is 31.1 Å². The number of aliphatic imine (C=N–C) groups is 1. The van der Waals surface area contributed by atoms with E-state index < -0.39 is 30.4 Å². The smallest absolute Gasteiger partial charge is 0.416 e. The van der Waals surface area contributed by atoms with Crippen LogP contribution in [-0.4, -0.2) is 33.6 Å². The maximum Gasteiger partial charge on any atom is 0.416 e. The summed E-state index contributed by atoms with van der Waals surface area (Å²) in [7, 11) is 0. The summed E-state index contributed by atoms with van der Waals surface area (Å²) in [4.78, 5) is 8.68. The molecule has 2 heterocycles. The maximum atomic E-state index is 12.8. The Hall–Kier alpha value is -4.35. The fourth-order valence-electron chi connectivity index (χ4n) is 3.85. The molecular weight excluding hydrogens is 512 g/mol. The molecule has 38 heavy (non-hydrogen) atoms. The van der Waals surface area contributed by atoms with E-state index in [1.54, 1.807) is 36.4 Å². The van der Waals surface area contributed by atoms with Crippen LogP contribution in [0.25, 0.3) is 17.1 Å². The topological polar surface area (TPSA) is 64.3 Å². The van der Waals surface area contributed by atoms with Gasteiger partial charge in [-0.3, -0.25) is 0 Å². The summed E-state index contributed by atoms with van der Waals surface area (Å²) in [5.74, 6) is 0.424. The van der Waals surface area contributed by atoms with Crippen molar-refractivity contribution in [3.63, 3.8) is 0 Å². The van der Waals surface area contributed by atoms with Crippen molar-refractivity contribution in [3.05, 3.63) is 95.8 Å². The highest BCUT2D eigenvalue weighted by Gasteiger charge is 2.31. The van der Waals surface area contributed by atoms with Gasteiger partial charge in [-0.1, -0.05) is 24.3 Å². The number of hydrogen-bond donors (Lipinski definition) is 1. The van der Waals surface area contributed by atoms with E-state index in [0.29, 0.717) is 28.3 Å². The van der Waals surface area contributed by atoms with Gasteiger partial charge >= 0.3 is 12.4 Å². The fourth-order valence-corrected chi connectivity index (χ4v) is 3.85. The number of rotatable bonds is 5. The summed E-state index contributed by atoms with van der Waals surface area (Å²) in [5, 5.41) is 7.43. The second-order valence-corrected chi connectivity index (χ2v) is 8.55. The summed E-state index contributed by atoms with van der Waals surface area (Å²) < 4.78 is 83.0. The lowest BCUT2D eigenvalue weighted by molar-refractivity contribution is -0.137. The number of alkyl halides is 6. The number of anilines is 1. The van der Waals surface area contributed by atoms with Gasteiger partial charge in [0.15, 0.2) is 5.82 Å². The minimum absolute atomic E-state index is 0.159. The molecule has 4 aromatic rings. The first-order valence-corrected chi connectivity index (χ1v) is 11.4. The van der Waals surface area contributed by atoms with Gasteiger partial charge in [-0.05, 0) is 59.7 Å². The summed E-state index contributed by atoms with van der Waals surface area (Å²) in [6, 6.07) is 17.6. The van der Waals surface area contributed by atoms with E-state index in [4.69, 9.17) is 4.74 Å². The highest BCUT2D eigenvalue weighted by Crippen LogP contribution is 2.31. The van der Waals surface area contributed by atoms with E-state index in [-0.39, 0.29) is 18.2 Å². The molecule has 1 aliphatic heterocycles. The van der Waals surface area contributed by atoms with Crippen LogP contribution in [0.4, 0.5) is 32.0 Å². The normalized spacial score (nSPS) is 15.7. The Morgan fingerprint density at radius 2 is 1.55 bits per heavy atom. The van der Waals surface area contributed by atoms with Crippen LogP contribution in [0.1, 0.15) is 22.7 Å². The SMILES string of the molecule is FC(F)(F)Cc1ccc(-n2cnc(-c3ccc(NC4=NC(c5ccc(C(F)(F)F)cc5)CO4)cc3)n2)cc1. The molecule has 0 amide bonds. The van der Waals surface area contributed by atoms with Gasteiger partial charge in [-0.15, -0.1) is 5.10 Å². The summed E-state index contributed by atoms with van der Waals surface area (Å²) >= 11 is 0. The van der Waals surface area contributed by atoms with Crippen molar-refractivity contribution in [1.29, 1.82) is 0 Å². The van der Waals surface area contributed by atoms with Crippen molar-refractivity contribution >= 4 is 11.7 Å². The third-order valence-electron chi connectivity index (χ3n) is 5.77. The molecule has 1 atom stereocenters. The lowest BCUT2D eigenvalue weighted by Crippen LogP contribution is -2.11. The Labute approximate surface area is 212 Å². The second kappa shape index (κ2) is 9.84. The first-order valence-electron chi connectivity index (χ1n) is 11.4. The van der Waals surface area contributed by atoms with Gasteiger partial charge < -0.3 is 10.1 Å². The quantitative estimate of drug-likeness (QED) is 0.295. The zero-order valence-electron chi connectivity index (χ0n) is 19.5. The standard InChI is InChI=1S/C26H19F6N5O/c27-25(28,29)13-16-1-11-21(12-2-16)37-15-33-23(36-37)18-5-9-20(10-6-18)34-24-35-22(14-38-24)17-3-7-19(8-4-17)26(30,31)32/h1-12,15,22H,13-14H2,(H,34,35). The minimum Gasteiger partial charge on any atom is -0.462 e. The lowest BCUT2D eigenvalue weighted by Gasteiger charge is -2.09. The monoisotopic (exact) mass is 531 g/mol. The van der Waals surface area contributed by atoms with E-state index in [9.17, 15) is 26.3 Å². The average Bonchev–Trinajstić information content (AvgIpc) is 3.54. The van der Waals surface area contributed by atoms with Crippen LogP contribution >= 0.6 is 0 Å². The zero-order chi connectivity index (χ0) is 26.9. The van der Waals surface area contributed by atoms with Gasteiger partial charge in [-0.2, -0.15) is 26.3 Å². The van der Waals surface area contributed by atoms with Crippen LogP contribution in [0.5, 0.6) is 0 Å². The molecule has 3 aromatic carbocycles. The van der Waals surface area contributed by atoms with Gasteiger partial charge in [0.1, 0.15) is 19.0 Å². The zero-order valence-corrected chi connectivity index (χ0v) is 19.5. The first-order chi connectivity index (χ1) is 18.0. The van der Waals surface area contributed by atoms with E-state index in [2.05, 4.69) is 20.4 Å². The van der Waals surface area contributed by atoms with Crippen LogP contribution in [0.15, 0.2) is 84.1 Å². The number of halogens is 6. The molecule has 0 saturated heterocycles. The van der Waals surface area contributed by atoms with Crippen molar-refractivity contribution in [2.24, 2.45) is 4.99 Å². The number of amidine groups is 1. The van der Waals surface area contributed by atoms with Gasteiger partial charge in [0.25, 0.3) is 6.02 Å². The second-order valence-electron chi connectivity index (χ2n) is 8.55. The van der Waals surface area contributed by atoms with Crippen molar-refractivity contribution in [2.45, 2.75) is 24.8 Å². The summed E-state index contributed by atoms with van der Waals surface area (Å²) in [5.41, 5.74) is 2.00. The van der Waals surface area contributed by atoms with E-state index in [1.807, 2.05) is 0 Å². The van der Waals surface area contributed by atoms with Gasteiger partial charge in [0, 0.05) is 11.3 Å². The molecule has 12 heteroatoms. The van der Waals surface area contributed by atoms with Crippen molar-refractivity contribution in [2.75, 3.05) is 11.9 Å². The summed E-state index contributed by atoms with van der Waals surface area (Å²) in [6.45, 7) is 0.199. The average molecular weight is 531 g/mol. The first kappa shape index (κ1) is 25.3. The molecule has 0 fully saturated rings. The van der Waals surface area contributed by atoms with Crippen molar-refractivity contribution in [1.82, 2.24) is 14.8 Å². The Morgan fingerprint density at radius 3 is 2.18 bits per heavy atom. The predicted octanol–water partition coefficient (Wildman–Crippen LogP) is 6.60.